The molecular formula is C12H9Cl2NOS. The molecule has 0 fully saturated rings. The highest BCUT2D eigenvalue weighted by Gasteiger charge is 2.04. The Labute approximate surface area is 114 Å². The van der Waals surface area contributed by atoms with Crippen LogP contribution in [-0.4, -0.2) is 10.1 Å². The van der Waals surface area contributed by atoms with Crippen LogP contribution in [0.1, 0.15) is 5.69 Å². The van der Waals surface area contributed by atoms with Gasteiger partial charge < -0.3 is 5.11 Å². The quantitative estimate of drug-likeness (QED) is 0.671. The van der Waals surface area contributed by atoms with Crippen LogP contribution in [0.4, 0.5) is 0 Å². The lowest BCUT2D eigenvalue weighted by Gasteiger charge is -2.04. The van der Waals surface area contributed by atoms with E-state index in [1.807, 2.05) is 12.1 Å². The summed E-state index contributed by atoms with van der Waals surface area (Å²) in [7, 11) is 0. The van der Waals surface area contributed by atoms with Crippen LogP contribution in [-0.2, 0) is 5.75 Å². The first-order chi connectivity index (χ1) is 8.15. The second kappa shape index (κ2) is 5.63. The first-order valence-corrected chi connectivity index (χ1v) is 6.62. The van der Waals surface area contributed by atoms with Crippen molar-refractivity contribution in [1.29, 1.82) is 0 Å². The average Bonchev–Trinajstić information content (AvgIpc) is 2.32. The van der Waals surface area contributed by atoms with E-state index in [4.69, 9.17) is 28.3 Å². The van der Waals surface area contributed by atoms with Gasteiger partial charge in [-0.2, -0.15) is 0 Å². The Balaban J connectivity index is 2.07. The van der Waals surface area contributed by atoms with Crippen LogP contribution in [0.2, 0.25) is 10.2 Å². The highest BCUT2D eigenvalue weighted by atomic mass is 35.5. The number of nitrogens with zero attached hydrogens (tertiary/aromatic N) is 1. The molecule has 1 aromatic heterocycles. The van der Waals surface area contributed by atoms with Crippen LogP contribution in [0.15, 0.2) is 41.3 Å². The second-order valence-corrected chi connectivity index (χ2v) is 5.19. The van der Waals surface area contributed by atoms with Crippen molar-refractivity contribution < 1.29 is 5.11 Å². The van der Waals surface area contributed by atoms with Crippen molar-refractivity contribution in [1.82, 2.24) is 4.98 Å². The molecule has 0 saturated heterocycles. The summed E-state index contributed by atoms with van der Waals surface area (Å²) in [5, 5.41) is 10.2. The van der Waals surface area contributed by atoms with Crippen LogP contribution >= 0.6 is 35.0 Å². The lowest BCUT2D eigenvalue weighted by molar-refractivity contribution is 0.475. The minimum absolute atomic E-state index is 0.258. The molecule has 0 bridgehead atoms. The summed E-state index contributed by atoms with van der Waals surface area (Å²) in [6.07, 6.45) is 0. The van der Waals surface area contributed by atoms with E-state index in [9.17, 15) is 0 Å². The number of phenols is 1. The van der Waals surface area contributed by atoms with Gasteiger partial charge in [-0.25, -0.2) is 4.98 Å². The summed E-state index contributed by atoms with van der Waals surface area (Å²) < 4.78 is 0. The predicted molar refractivity (Wildman–Crippen MR) is 71.9 cm³/mol. The van der Waals surface area contributed by atoms with Gasteiger partial charge in [-0.15, -0.1) is 11.8 Å². The largest absolute Gasteiger partial charge is 0.508 e. The molecular weight excluding hydrogens is 277 g/mol. The summed E-state index contributed by atoms with van der Waals surface area (Å²) in [6, 6.07) is 10.4. The third kappa shape index (κ3) is 3.53. The molecule has 1 N–H and O–H groups in total. The minimum atomic E-state index is 0.258. The zero-order valence-corrected chi connectivity index (χ0v) is 11.1. The van der Waals surface area contributed by atoms with Crippen molar-refractivity contribution in [3.05, 3.63) is 52.3 Å². The van der Waals surface area contributed by atoms with Gasteiger partial charge in [0, 0.05) is 10.6 Å². The van der Waals surface area contributed by atoms with E-state index in [0.29, 0.717) is 15.9 Å². The number of halogens is 2. The monoisotopic (exact) mass is 285 g/mol. The van der Waals surface area contributed by atoms with Gasteiger partial charge in [-0.05, 0) is 36.4 Å². The van der Waals surface area contributed by atoms with Crippen LogP contribution in [0.25, 0.3) is 0 Å². The Kier molecular flexibility index (Phi) is 4.15. The van der Waals surface area contributed by atoms with Gasteiger partial charge >= 0.3 is 0 Å². The lowest BCUT2D eigenvalue weighted by atomic mass is 10.3. The molecule has 0 aliphatic carbocycles. The van der Waals surface area contributed by atoms with E-state index in [1.54, 1.807) is 36.0 Å². The number of hydrogen-bond acceptors (Lipinski definition) is 3. The lowest BCUT2D eigenvalue weighted by Crippen LogP contribution is -1.88. The van der Waals surface area contributed by atoms with Crippen LogP contribution < -0.4 is 0 Å². The molecule has 0 aliphatic heterocycles. The van der Waals surface area contributed by atoms with Gasteiger partial charge in [0.1, 0.15) is 10.9 Å². The number of phenolic OH excluding ortho intramolecular Hbond substituents is 1. The molecule has 1 aromatic carbocycles. The fourth-order valence-corrected chi connectivity index (χ4v) is 2.52. The van der Waals surface area contributed by atoms with Gasteiger partial charge in [0.2, 0.25) is 0 Å². The summed E-state index contributed by atoms with van der Waals surface area (Å²) in [5.74, 6) is 0.901. The molecule has 0 radical (unpaired) electrons. The number of pyridine rings is 1. The number of benzene rings is 1. The maximum atomic E-state index is 9.16. The van der Waals surface area contributed by atoms with Crippen molar-refractivity contribution in [2.24, 2.45) is 0 Å². The Bertz CT molecular complexity index is 516. The Morgan fingerprint density at radius 3 is 2.47 bits per heavy atom. The topological polar surface area (TPSA) is 33.1 Å². The maximum Gasteiger partial charge on any atom is 0.129 e. The van der Waals surface area contributed by atoms with E-state index in [-0.39, 0.29) is 5.75 Å². The number of aromatic nitrogens is 1. The molecule has 0 aliphatic rings. The molecule has 0 amide bonds. The maximum absolute atomic E-state index is 9.16. The summed E-state index contributed by atoms with van der Waals surface area (Å²) in [6.45, 7) is 0. The number of rotatable bonds is 3. The van der Waals surface area contributed by atoms with Crippen molar-refractivity contribution in [2.45, 2.75) is 10.6 Å². The van der Waals surface area contributed by atoms with E-state index in [2.05, 4.69) is 4.98 Å². The SMILES string of the molecule is Oc1ccc(SCc2nc(Cl)ccc2Cl)cc1. The third-order valence-electron chi connectivity index (χ3n) is 2.10. The number of thioether (sulfide) groups is 1. The van der Waals surface area contributed by atoms with E-state index in [1.165, 1.54) is 0 Å². The zero-order valence-electron chi connectivity index (χ0n) is 8.73. The molecule has 0 spiro atoms. The molecule has 2 rings (SSSR count). The van der Waals surface area contributed by atoms with E-state index in [0.717, 1.165) is 10.6 Å². The molecule has 88 valence electrons. The molecule has 1 heterocycles. The standard InChI is InChI=1S/C12H9Cl2NOS/c13-10-5-6-12(14)15-11(10)7-17-9-3-1-8(16)2-4-9/h1-6,16H,7H2. The highest BCUT2D eigenvalue weighted by Crippen LogP contribution is 2.27. The first kappa shape index (κ1) is 12.6. The summed E-state index contributed by atoms with van der Waals surface area (Å²) in [4.78, 5) is 5.21. The normalized spacial score (nSPS) is 10.5. The zero-order chi connectivity index (χ0) is 12.3. The Morgan fingerprint density at radius 1 is 1.06 bits per heavy atom. The summed E-state index contributed by atoms with van der Waals surface area (Å²) >= 11 is 13.4. The van der Waals surface area contributed by atoms with Gasteiger partial charge in [0.15, 0.2) is 0 Å². The number of aromatic hydroxyl groups is 1. The molecule has 17 heavy (non-hydrogen) atoms. The van der Waals surface area contributed by atoms with Crippen molar-refractivity contribution in [3.63, 3.8) is 0 Å². The van der Waals surface area contributed by atoms with Gasteiger partial charge in [0.05, 0.1) is 10.7 Å². The minimum Gasteiger partial charge on any atom is -0.508 e. The fourth-order valence-electron chi connectivity index (χ4n) is 1.25. The Morgan fingerprint density at radius 2 is 1.76 bits per heavy atom. The van der Waals surface area contributed by atoms with Crippen molar-refractivity contribution >= 4 is 35.0 Å². The smallest absolute Gasteiger partial charge is 0.129 e. The molecule has 0 unspecified atom stereocenters. The highest BCUT2D eigenvalue weighted by molar-refractivity contribution is 7.98. The first-order valence-electron chi connectivity index (χ1n) is 4.88. The van der Waals surface area contributed by atoms with Gasteiger partial charge in [-0.3, -0.25) is 0 Å². The fraction of sp³-hybridized carbons (Fsp3) is 0.0833. The van der Waals surface area contributed by atoms with Crippen LogP contribution in [0.5, 0.6) is 5.75 Å². The van der Waals surface area contributed by atoms with Crippen LogP contribution in [0, 0.1) is 0 Å². The predicted octanol–water partition coefficient (Wildman–Crippen LogP) is 4.39. The molecule has 2 aromatic rings. The van der Waals surface area contributed by atoms with Crippen molar-refractivity contribution in [3.8, 4) is 5.75 Å². The Hall–Kier alpha value is -0.900. The molecule has 0 saturated carbocycles. The van der Waals surface area contributed by atoms with Crippen molar-refractivity contribution in [2.75, 3.05) is 0 Å². The summed E-state index contributed by atoms with van der Waals surface area (Å²) in [5.41, 5.74) is 0.761. The van der Waals surface area contributed by atoms with E-state index >= 15 is 0 Å². The van der Waals surface area contributed by atoms with Gasteiger partial charge in [0.25, 0.3) is 0 Å². The molecule has 0 atom stereocenters. The van der Waals surface area contributed by atoms with E-state index < -0.39 is 0 Å². The molecule has 2 nitrogen and oxygen atoms in total. The third-order valence-corrected chi connectivity index (χ3v) is 3.67. The molecule has 5 heteroatoms. The average molecular weight is 286 g/mol. The van der Waals surface area contributed by atoms with Crippen LogP contribution in [0.3, 0.4) is 0 Å². The van der Waals surface area contributed by atoms with Gasteiger partial charge in [-0.1, -0.05) is 23.2 Å². The second-order valence-electron chi connectivity index (χ2n) is 3.35. The number of hydrogen-bond donors (Lipinski definition) is 1.